The van der Waals surface area contributed by atoms with Gasteiger partial charge in [0.15, 0.2) is 0 Å². The van der Waals surface area contributed by atoms with E-state index in [0.717, 1.165) is 41.1 Å². The van der Waals surface area contributed by atoms with Crippen LogP contribution in [0.2, 0.25) is 0 Å². The van der Waals surface area contributed by atoms with Crippen LogP contribution in [0, 0.1) is 6.92 Å². The van der Waals surface area contributed by atoms with Crippen LogP contribution in [0.1, 0.15) is 53.7 Å². The van der Waals surface area contributed by atoms with Gasteiger partial charge in [-0.15, -0.1) is 0 Å². The lowest BCUT2D eigenvalue weighted by molar-refractivity contribution is 0.0698. The number of fused-ring (bicyclic) bond motifs is 1. The number of benzene rings is 2. The second kappa shape index (κ2) is 8.07. The molecule has 1 aromatic heterocycles. The van der Waals surface area contributed by atoms with Crippen LogP contribution in [0.5, 0.6) is 0 Å². The molecule has 4 rings (SSSR count). The van der Waals surface area contributed by atoms with E-state index in [1.54, 1.807) is 18.2 Å². The van der Waals surface area contributed by atoms with Gasteiger partial charge < -0.3 is 15.3 Å². The van der Waals surface area contributed by atoms with Crippen molar-refractivity contribution in [3.05, 3.63) is 59.3 Å². The number of nitrogens with one attached hydrogen (secondary N) is 1. The van der Waals surface area contributed by atoms with Crippen molar-refractivity contribution in [2.24, 2.45) is 0 Å². The number of piperidine rings is 1. The number of aromatic nitrogens is 2. The molecule has 1 aliphatic rings. The molecule has 0 amide bonds. The van der Waals surface area contributed by atoms with Gasteiger partial charge in [0.2, 0.25) is 5.95 Å². The molecule has 29 heavy (non-hydrogen) atoms. The smallest absolute Gasteiger partial charge is 0.337 e. The standard InChI is InChI=1S/C23H26N4O2/c1-15-12-17-14-24-23(27-10-6-3-7-11-27)26-21(17)19(13-15)16(2)25-20-9-5-4-8-18(20)22(28)29/h4-5,8-9,12-14,16,25H,3,6-7,10-11H2,1-2H3,(H,28,29). The third-order valence-corrected chi connectivity index (χ3v) is 5.48. The highest BCUT2D eigenvalue weighted by Gasteiger charge is 2.18. The van der Waals surface area contributed by atoms with Crippen molar-refractivity contribution in [1.29, 1.82) is 0 Å². The molecule has 1 fully saturated rings. The van der Waals surface area contributed by atoms with Crippen LogP contribution < -0.4 is 10.2 Å². The fraction of sp³-hybridized carbons (Fsp3) is 0.348. The Labute approximate surface area is 170 Å². The molecular weight excluding hydrogens is 364 g/mol. The third kappa shape index (κ3) is 4.01. The maximum absolute atomic E-state index is 11.6. The lowest BCUT2D eigenvalue weighted by Gasteiger charge is -2.27. The lowest BCUT2D eigenvalue weighted by Crippen LogP contribution is -2.31. The number of carbonyl (C=O) groups is 1. The van der Waals surface area contributed by atoms with Crippen LogP contribution in [0.4, 0.5) is 11.6 Å². The van der Waals surface area contributed by atoms with E-state index in [4.69, 9.17) is 4.98 Å². The molecular formula is C23H26N4O2. The van der Waals surface area contributed by atoms with Gasteiger partial charge in [-0.05, 0) is 56.9 Å². The first-order chi connectivity index (χ1) is 14.0. The molecule has 2 N–H and O–H groups in total. The van der Waals surface area contributed by atoms with Gasteiger partial charge in [-0.1, -0.05) is 18.2 Å². The maximum Gasteiger partial charge on any atom is 0.337 e. The summed E-state index contributed by atoms with van der Waals surface area (Å²) in [7, 11) is 0. The van der Waals surface area contributed by atoms with Crippen molar-refractivity contribution in [3.63, 3.8) is 0 Å². The van der Waals surface area contributed by atoms with E-state index >= 15 is 0 Å². The SMILES string of the molecule is Cc1cc(C(C)Nc2ccccc2C(=O)O)c2nc(N3CCCCC3)ncc2c1. The van der Waals surface area contributed by atoms with Gasteiger partial charge in [-0.25, -0.2) is 14.8 Å². The summed E-state index contributed by atoms with van der Waals surface area (Å²) >= 11 is 0. The van der Waals surface area contributed by atoms with Gasteiger partial charge in [0.05, 0.1) is 17.1 Å². The molecule has 6 heteroatoms. The fourth-order valence-electron chi connectivity index (χ4n) is 4.00. The van der Waals surface area contributed by atoms with Crippen LogP contribution in [0.25, 0.3) is 10.9 Å². The molecule has 6 nitrogen and oxygen atoms in total. The maximum atomic E-state index is 11.6. The van der Waals surface area contributed by atoms with Gasteiger partial charge in [-0.3, -0.25) is 0 Å². The molecule has 1 aliphatic heterocycles. The molecule has 0 bridgehead atoms. The van der Waals surface area contributed by atoms with E-state index in [1.165, 1.54) is 19.3 Å². The zero-order valence-corrected chi connectivity index (χ0v) is 16.9. The van der Waals surface area contributed by atoms with Crippen LogP contribution in [0.3, 0.4) is 0 Å². The third-order valence-electron chi connectivity index (χ3n) is 5.48. The van der Waals surface area contributed by atoms with Gasteiger partial charge >= 0.3 is 5.97 Å². The van der Waals surface area contributed by atoms with E-state index < -0.39 is 5.97 Å². The van der Waals surface area contributed by atoms with Gasteiger partial charge in [0.25, 0.3) is 0 Å². The number of hydrogen-bond donors (Lipinski definition) is 2. The molecule has 0 aliphatic carbocycles. The topological polar surface area (TPSA) is 78.3 Å². The summed E-state index contributed by atoms with van der Waals surface area (Å²) < 4.78 is 0. The average Bonchev–Trinajstić information content (AvgIpc) is 2.73. The van der Waals surface area contributed by atoms with Crippen molar-refractivity contribution in [3.8, 4) is 0 Å². The second-order valence-corrected chi connectivity index (χ2v) is 7.73. The molecule has 1 saturated heterocycles. The monoisotopic (exact) mass is 390 g/mol. The minimum absolute atomic E-state index is 0.109. The Morgan fingerprint density at radius 1 is 1.17 bits per heavy atom. The summed E-state index contributed by atoms with van der Waals surface area (Å²) in [6, 6.07) is 11.1. The van der Waals surface area contributed by atoms with Crippen molar-refractivity contribution in [2.75, 3.05) is 23.3 Å². The van der Waals surface area contributed by atoms with Gasteiger partial charge in [0, 0.05) is 35.9 Å². The predicted octanol–water partition coefficient (Wildman–Crippen LogP) is 4.80. The fourth-order valence-corrected chi connectivity index (χ4v) is 4.00. The zero-order chi connectivity index (χ0) is 20.4. The minimum atomic E-state index is -0.941. The molecule has 0 spiro atoms. The predicted molar refractivity (Wildman–Crippen MR) is 116 cm³/mol. The van der Waals surface area contributed by atoms with Crippen molar-refractivity contribution >= 4 is 28.5 Å². The highest BCUT2D eigenvalue weighted by Crippen LogP contribution is 2.29. The molecule has 1 atom stereocenters. The zero-order valence-electron chi connectivity index (χ0n) is 16.9. The van der Waals surface area contributed by atoms with Crippen LogP contribution in [-0.4, -0.2) is 34.1 Å². The average molecular weight is 390 g/mol. The Morgan fingerprint density at radius 2 is 1.93 bits per heavy atom. The second-order valence-electron chi connectivity index (χ2n) is 7.73. The first-order valence-corrected chi connectivity index (χ1v) is 10.1. The normalized spacial score (nSPS) is 15.3. The molecule has 0 radical (unpaired) electrons. The van der Waals surface area contributed by atoms with E-state index in [0.29, 0.717) is 5.69 Å². The van der Waals surface area contributed by atoms with Crippen molar-refractivity contribution in [1.82, 2.24) is 9.97 Å². The number of carboxylic acids is 1. The summed E-state index contributed by atoms with van der Waals surface area (Å²) in [6.45, 7) is 6.08. The van der Waals surface area contributed by atoms with Gasteiger partial charge in [0.1, 0.15) is 0 Å². The quantitative estimate of drug-likeness (QED) is 0.651. The highest BCUT2D eigenvalue weighted by molar-refractivity contribution is 5.94. The Hall–Kier alpha value is -3.15. The molecule has 1 unspecified atom stereocenters. The van der Waals surface area contributed by atoms with E-state index in [-0.39, 0.29) is 11.6 Å². The summed E-state index contributed by atoms with van der Waals surface area (Å²) in [5.74, 6) is -0.162. The molecule has 2 heterocycles. The molecule has 0 saturated carbocycles. The van der Waals surface area contributed by atoms with Crippen LogP contribution in [-0.2, 0) is 0 Å². The van der Waals surface area contributed by atoms with Crippen LogP contribution in [0.15, 0.2) is 42.6 Å². The first kappa shape index (κ1) is 19.2. The van der Waals surface area contributed by atoms with Crippen LogP contribution >= 0.6 is 0 Å². The first-order valence-electron chi connectivity index (χ1n) is 10.1. The Kier molecular flexibility index (Phi) is 5.34. The number of nitrogens with zero attached hydrogens (tertiary/aromatic N) is 3. The number of para-hydroxylation sites is 1. The lowest BCUT2D eigenvalue weighted by atomic mass is 10.0. The number of anilines is 2. The number of aromatic carboxylic acids is 1. The molecule has 3 aromatic rings. The summed E-state index contributed by atoms with van der Waals surface area (Å²) in [5, 5.41) is 13.9. The molecule has 150 valence electrons. The summed E-state index contributed by atoms with van der Waals surface area (Å²) in [6.07, 6.45) is 5.51. The Morgan fingerprint density at radius 3 is 2.69 bits per heavy atom. The molecule has 2 aromatic carbocycles. The Balaban J connectivity index is 1.72. The van der Waals surface area contributed by atoms with Gasteiger partial charge in [-0.2, -0.15) is 0 Å². The van der Waals surface area contributed by atoms with E-state index in [9.17, 15) is 9.90 Å². The largest absolute Gasteiger partial charge is 0.478 e. The van der Waals surface area contributed by atoms with E-state index in [2.05, 4.69) is 34.3 Å². The number of carboxylic acid groups (broad SMARTS) is 1. The minimum Gasteiger partial charge on any atom is -0.478 e. The highest BCUT2D eigenvalue weighted by atomic mass is 16.4. The van der Waals surface area contributed by atoms with Crippen molar-refractivity contribution in [2.45, 2.75) is 39.2 Å². The van der Waals surface area contributed by atoms with Crippen molar-refractivity contribution < 1.29 is 9.90 Å². The number of hydrogen-bond acceptors (Lipinski definition) is 5. The number of aryl methyl sites for hydroxylation is 1. The number of rotatable bonds is 5. The summed E-state index contributed by atoms with van der Waals surface area (Å²) in [4.78, 5) is 23.3. The Bertz CT molecular complexity index is 1040. The van der Waals surface area contributed by atoms with E-state index in [1.807, 2.05) is 19.2 Å². The summed E-state index contributed by atoms with van der Waals surface area (Å²) in [5.41, 5.74) is 3.95.